The highest BCUT2D eigenvalue weighted by molar-refractivity contribution is 5.89. The van der Waals surface area contributed by atoms with Crippen LogP contribution in [-0.4, -0.2) is 31.1 Å². The zero-order chi connectivity index (χ0) is 15.2. The Morgan fingerprint density at radius 3 is 2.67 bits per heavy atom. The first kappa shape index (κ1) is 16.0. The third-order valence-electron chi connectivity index (χ3n) is 4.25. The Balaban J connectivity index is 1.92. The van der Waals surface area contributed by atoms with E-state index in [-0.39, 0.29) is 5.56 Å². The summed E-state index contributed by atoms with van der Waals surface area (Å²) in [6.07, 6.45) is 5.04. The number of benzene rings is 1. The van der Waals surface area contributed by atoms with E-state index in [4.69, 9.17) is 0 Å². The van der Waals surface area contributed by atoms with Crippen LogP contribution in [-0.2, 0) is 11.3 Å². The Hall–Kier alpha value is -1.42. The van der Waals surface area contributed by atoms with E-state index in [2.05, 4.69) is 16.6 Å². The second-order valence-electron chi connectivity index (χ2n) is 5.81. The number of hydrogen-bond acceptors (Lipinski definition) is 3. The summed E-state index contributed by atoms with van der Waals surface area (Å²) in [5.41, 5.74) is 0.914. The highest BCUT2D eigenvalue weighted by atomic mass is 19.1. The molecule has 1 aromatic rings. The Morgan fingerprint density at radius 2 is 2.10 bits per heavy atom. The lowest BCUT2D eigenvalue weighted by molar-refractivity contribution is 0.0595. The Kier molecular flexibility index (Phi) is 5.74. The fourth-order valence-corrected chi connectivity index (χ4v) is 3.03. The van der Waals surface area contributed by atoms with Crippen molar-refractivity contribution in [3.63, 3.8) is 0 Å². The molecule has 2 rings (SSSR count). The molecule has 0 unspecified atom stereocenters. The summed E-state index contributed by atoms with van der Waals surface area (Å²) in [7, 11) is 1.26. The first-order valence-corrected chi connectivity index (χ1v) is 7.73. The van der Waals surface area contributed by atoms with Crippen molar-refractivity contribution in [2.24, 2.45) is 5.92 Å². The van der Waals surface area contributed by atoms with Gasteiger partial charge in [0.25, 0.3) is 0 Å². The van der Waals surface area contributed by atoms with Crippen LogP contribution >= 0.6 is 0 Å². The highest BCUT2D eigenvalue weighted by Gasteiger charge is 2.19. The van der Waals surface area contributed by atoms with Gasteiger partial charge in [-0.3, -0.25) is 4.90 Å². The molecule has 116 valence electrons. The van der Waals surface area contributed by atoms with Crippen molar-refractivity contribution in [1.82, 2.24) is 4.90 Å². The SMILES string of the molecule is CCCC1CCN(Cc2ccc(C(=O)OC)c(F)c2)CC1. The molecule has 1 saturated heterocycles. The minimum atomic E-state index is -0.626. The first-order chi connectivity index (χ1) is 10.1. The number of piperidine rings is 1. The van der Waals surface area contributed by atoms with E-state index in [9.17, 15) is 9.18 Å². The minimum Gasteiger partial charge on any atom is -0.465 e. The van der Waals surface area contributed by atoms with E-state index >= 15 is 0 Å². The standard InChI is InChI=1S/C17H24FNO2/c1-3-4-13-7-9-19(10-8-13)12-14-5-6-15(16(18)11-14)17(20)21-2/h5-6,11,13H,3-4,7-10,12H2,1-2H3. The third-order valence-corrected chi connectivity index (χ3v) is 4.25. The average Bonchev–Trinajstić information content (AvgIpc) is 2.49. The van der Waals surface area contributed by atoms with Crippen molar-refractivity contribution in [3.8, 4) is 0 Å². The molecule has 1 heterocycles. The fourth-order valence-electron chi connectivity index (χ4n) is 3.03. The molecule has 0 spiro atoms. The van der Waals surface area contributed by atoms with E-state index in [0.717, 1.165) is 31.1 Å². The Bertz CT molecular complexity index is 482. The molecule has 0 N–H and O–H groups in total. The predicted molar refractivity (Wildman–Crippen MR) is 80.6 cm³/mol. The van der Waals surface area contributed by atoms with Crippen molar-refractivity contribution in [2.75, 3.05) is 20.2 Å². The maximum absolute atomic E-state index is 13.9. The van der Waals surface area contributed by atoms with Gasteiger partial charge in [-0.25, -0.2) is 9.18 Å². The quantitative estimate of drug-likeness (QED) is 0.777. The molecule has 3 nitrogen and oxygen atoms in total. The molecule has 1 aromatic carbocycles. The minimum absolute atomic E-state index is 0.00269. The number of likely N-dealkylation sites (tertiary alicyclic amines) is 1. The number of nitrogens with zero attached hydrogens (tertiary/aromatic N) is 1. The monoisotopic (exact) mass is 293 g/mol. The summed E-state index contributed by atoms with van der Waals surface area (Å²) in [6.45, 7) is 5.13. The lowest BCUT2D eigenvalue weighted by atomic mass is 9.92. The molecule has 0 bridgehead atoms. The smallest absolute Gasteiger partial charge is 0.340 e. The van der Waals surface area contributed by atoms with Gasteiger partial charge in [-0.15, -0.1) is 0 Å². The lowest BCUT2D eigenvalue weighted by Crippen LogP contribution is -2.33. The maximum Gasteiger partial charge on any atom is 0.340 e. The van der Waals surface area contributed by atoms with Crippen LogP contribution in [0.2, 0.25) is 0 Å². The van der Waals surface area contributed by atoms with Gasteiger partial charge in [-0.05, 0) is 49.5 Å². The molecule has 0 radical (unpaired) electrons. The number of carbonyl (C=O) groups excluding carboxylic acids is 1. The topological polar surface area (TPSA) is 29.5 Å². The van der Waals surface area contributed by atoms with Crippen molar-refractivity contribution in [2.45, 2.75) is 39.2 Å². The number of halogens is 1. The van der Waals surface area contributed by atoms with Crippen LogP contribution in [0.15, 0.2) is 18.2 Å². The van der Waals surface area contributed by atoms with E-state index in [1.807, 2.05) is 6.07 Å². The first-order valence-electron chi connectivity index (χ1n) is 7.73. The van der Waals surface area contributed by atoms with Gasteiger partial charge in [-0.1, -0.05) is 25.8 Å². The van der Waals surface area contributed by atoms with E-state index < -0.39 is 11.8 Å². The molecular formula is C17H24FNO2. The largest absolute Gasteiger partial charge is 0.465 e. The molecule has 0 atom stereocenters. The van der Waals surface area contributed by atoms with Crippen LogP contribution < -0.4 is 0 Å². The summed E-state index contributed by atoms with van der Waals surface area (Å²) in [6, 6.07) is 4.78. The lowest BCUT2D eigenvalue weighted by Gasteiger charge is -2.31. The van der Waals surface area contributed by atoms with Crippen LogP contribution in [0, 0.1) is 11.7 Å². The van der Waals surface area contributed by atoms with Gasteiger partial charge in [-0.2, -0.15) is 0 Å². The van der Waals surface area contributed by atoms with Crippen LogP contribution in [0.1, 0.15) is 48.5 Å². The molecule has 1 aliphatic heterocycles. The maximum atomic E-state index is 13.9. The van der Waals surface area contributed by atoms with Gasteiger partial charge >= 0.3 is 5.97 Å². The zero-order valence-electron chi connectivity index (χ0n) is 12.9. The molecule has 1 fully saturated rings. The third kappa shape index (κ3) is 4.27. The number of rotatable bonds is 5. The molecule has 0 amide bonds. The van der Waals surface area contributed by atoms with Gasteiger partial charge in [0, 0.05) is 6.54 Å². The number of carbonyl (C=O) groups is 1. The molecule has 1 aliphatic rings. The van der Waals surface area contributed by atoms with Gasteiger partial charge in [0.1, 0.15) is 5.82 Å². The zero-order valence-corrected chi connectivity index (χ0v) is 12.9. The van der Waals surface area contributed by atoms with Crippen LogP contribution in [0.3, 0.4) is 0 Å². The predicted octanol–water partition coefficient (Wildman–Crippen LogP) is 3.62. The summed E-state index contributed by atoms with van der Waals surface area (Å²) < 4.78 is 18.4. The Morgan fingerprint density at radius 1 is 1.38 bits per heavy atom. The van der Waals surface area contributed by atoms with E-state index in [1.165, 1.54) is 44.9 Å². The van der Waals surface area contributed by atoms with Crippen LogP contribution in [0.25, 0.3) is 0 Å². The molecular weight excluding hydrogens is 269 g/mol. The van der Waals surface area contributed by atoms with E-state index in [0.29, 0.717) is 0 Å². The summed E-state index contributed by atoms with van der Waals surface area (Å²) in [5.74, 6) is -0.274. The number of esters is 1. The summed E-state index contributed by atoms with van der Waals surface area (Å²) in [4.78, 5) is 13.7. The van der Waals surface area contributed by atoms with Crippen molar-refractivity contribution >= 4 is 5.97 Å². The van der Waals surface area contributed by atoms with Gasteiger partial charge in [0.15, 0.2) is 0 Å². The van der Waals surface area contributed by atoms with Crippen molar-refractivity contribution < 1.29 is 13.9 Å². The molecule has 4 heteroatoms. The number of ether oxygens (including phenoxy) is 1. The Labute approximate surface area is 126 Å². The summed E-state index contributed by atoms with van der Waals surface area (Å²) in [5, 5.41) is 0. The average molecular weight is 293 g/mol. The molecule has 21 heavy (non-hydrogen) atoms. The van der Waals surface area contributed by atoms with Gasteiger partial charge in [0.05, 0.1) is 12.7 Å². The van der Waals surface area contributed by atoms with Gasteiger partial charge < -0.3 is 4.74 Å². The van der Waals surface area contributed by atoms with Gasteiger partial charge in [0.2, 0.25) is 0 Å². The van der Waals surface area contributed by atoms with Crippen molar-refractivity contribution in [1.29, 1.82) is 0 Å². The number of methoxy groups -OCH3 is 1. The second kappa shape index (κ2) is 7.55. The summed E-state index contributed by atoms with van der Waals surface area (Å²) >= 11 is 0. The number of hydrogen-bond donors (Lipinski definition) is 0. The van der Waals surface area contributed by atoms with Crippen molar-refractivity contribution in [3.05, 3.63) is 35.1 Å². The molecule has 0 saturated carbocycles. The second-order valence-corrected chi connectivity index (χ2v) is 5.81. The fraction of sp³-hybridized carbons (Fsp3) is 0.588. The van der Waals surface area contributed by atoms with E-state index in [1.54, 1.807) is 0 Å². The van der Waals surface area contributed by atoms with Crippen LogP contribution in [0.4, 0.5) is 4.39 Å². The van der Waals surface area contributed by atoms with Crippen LogP contribution in [0.5, 0.6) is 0 Å². The highest BCUT2D eigenvalue weighted by Crippen LogP contribution is 2.23. The molecule has 0 aromatic heterocycles. The molecule has 0 aliphatic carbocycles. The normalized spacial score (nSPS) is 16.9.